The molecular formula is C18H24ClN7O. The van der Waals surface area contributed by atoms with Gasteiger partial charge in [-0.2, -0.15) is 15.3 Å². The molecule has 8 nitrogen and oxygen atoms in total. The summed E-state index contributed by atoms with van der Waals surface area (Å²) in [6, 6.07) is 1.54. The van der Waals surface area contributed by atoms with Crippen LogP contribution in [0.2, 0.25) is 5.02 Å². The Morgan fingerprint density at radius 1 is 1.19 bits per heavy atom. The average molecular weight is 390 g/mol. The Kier molecular flexibility index (Phi) is 5.36. The number of halogens is 1. The molecule has 3 aromatic heterocycles. The zero-order valence-electron chi connectivity index (χ0n) is 16.2. The number of carbonyl (C=O) groups excluding carboxylic acids is 1. The summed E-state index contributed by atoms with van der Waals surface area (Å²) in [6.45, 7) is 10.9. The van der Waals surface area contributed by atoms with Crippen LogP contribution in [0.5, 0.6) is 0 Å². The minimum Gasteiger partial charge on any atom is -0.344 e. The van der Waals surface area contributed by atoms with Crippen LogP contribution in [-0.2, 0) is 13.2 Å². The molecule has 9 heteroatoms. The summed E-state index contributed by atoms with van der Waals surface area (Å²) in [7, 11) is 0. The monoisotopic (exact) mass is 389 g/mol. The summed E-state index contributed by atoms with van der Waals surface area (Å²) in [4.78, 5) is 12.5. The molecule has 0 bridgehead atoms. The van der Waals surface area contributed by atoms with Gasteiger partial charge in [-0.15, -0.1) is 0 Å². The molecule has 1 amide bonds. The van der Waals surface area contributed by atoms with E-state index in [1.807, 2.05) is 45.5 Å². The number of hydrogen-bond acceptors (Lipinski definition) is 4. The fourth-order valence-electron chi connectivity index (χ4n) is 2.98. The maximum absolute atomic E-state index is 12.5. The minimum absolute atomic E-state index is 0.155. The van der Waals surface area contributed by atoms with E-state index in [4.69, 9.17) is 11.6 Å². The standard InChI is InChI=1S/C18H24ClN7O/c1-6-24-9-15(12(3)21-24)11(2)20-18(27)16-7-8-25(23-16)10-26-14(5)17(19)13(4)22-26/h7-9,11H,6,10H2,1-5H3,(H,20,27). The van der Waals surface area contributed by atoms with Crippen LogP contribution in [0, 0.1) is 20.8 Å². The molecule has 3 aromatic rings. The van der Waals surface area contributed by atoms with Crippen molar-refractivity contribution in [1.82, 2.24) is 34.7 Å². The Balaban J connectivity index is 1.69. The van der Waals surface area contributed by atoms with E-state index in [-0.39, 0.29) is 11.9 Å². The van der Waals surface area contributed by atoms with Crippen LogP contribution in [0.3, 0.4) is 0 Å². The van der Waals surface area contributed by atoms with Gasteiger partial charge in [0.15, 0.2) is 0 Å². The number of rotatable bonds is 6. The fourth-order valence-corrected chi connectivity index (χ4v) is 3.12. The van der Waals surface area contributed by atoms with E-state index in [0.29, 0.717) is 17.4 Å². The SMILES string of the molecule is CCn1cc(C(C)NC(=O)c2ccn(Cn3nc(C)c(Cl)c3C)n2)c(C)n1. The first-order valence-corrected chi connectivity index (χ1v) is 9.25. The number of aromatic nitrogens is 6. The third-order valence-corrected chi connectivity index (χ3v) is 5.11. The van der Waals surface area contributed by atoms with Crippen LogP contribution in [0.25, 0.3) is 0 Å². The van der Waals surface area contributed by atoms with Gasteiger partial charge in [-0.25, -0.2) is 4.68 Å². The molecule has 27 heavy (non-hydrogen) atoms. The Labute approximate surface area is 163 Å². The van der Waals surface area contributed by atoms with Crippen molar-refractivity contribution in [3.63, 3.8) is 0 Å². The van der Waals surface area contributed by atoms with Gasteiger partial charge in [-0.1, -0.05) is 11.6 Å². The lowest BCUT2D eigenvalue weighted by Gasteiger charge is -2.12. The third kappa shape index (κ3) is 3.90. The highest BCUT2D eigenvalue weighted by Gasteiger charge is 2.18. The van der Waals surface area contributed by atoms with E-state index in [1.165, 1.54) is 0 Å². The fraction of sp³-hybridized carbons (Fsp3) is 0.444. The van der Waals surface area contributed by atoms with Crippen LogP contribution >= 0.6 is 11.6 Å². The summed E-state index contributed by atoms with van der Waals surface area (Å²) in [6.07, 6.45) is 3.72. The predicted molar refractivity (Wildman–Crippen MR) is 103 cm³/mol. The second kappa shape index (κ2) is 7.56. The largest absolute Gasteiger partial charge is 0.344 e. The second-order valence-electron chi connectivity index (χ2n) is 6.59. The first-order valence-electron chi connectivity index (χ1n) is 8.88. The summed E-state index contributed by atoms with van der Waals surface area (Å²) < 4.78 is 5.29. The van der Waals surface area contributed by atoms with Crippen LogP contribution in [0.15, 0.2) is 18.5 Å². The highest BCUT2D eigenvalue weighted by atomic mass is 35.5. The van der Waals surface area contributed by atoms with E-state index in [0.717, 1.165) is 29.2 Å². The first kappa shape index (κ1) is 19.2. The second-order valence-corrected chi connectivity index (χ2v) is 6.96. The molecule has 0 aliphatic heterocycles. The van der Waals surface area contributed by atoms with Gasteiger partial charge >= 0.3 is 0 Å². The molecule has 1 atom stereocenters. The molecule has 0 aromatic carbocycles. The van der Waals surface area contributed by atoms with Gasteiger partial charge < -0.3 is 5.32 Å². The van der Waals surface area contributed by atoms with Crippen molar-refractivity contribution in [3.8, 4) is 0 Å². The molecule has 144 valence electrons. The van der Waals surface area contributed by atoms with Gasteiger partial charge in [0.1, 0.15) is 12.4 Å². The molecule has 0 aliphatic rings. The van der Waals surface area contributed by atoms with E-state index in [1.54, 1.807) is 21.6 Å². The van der Waals surface area contributed by atoms with Crippen molar-refractivity contribution < 1.29 is 4.79 Å². The maximum Gasteiger partial charge on any atom is 0.272 e. The van der Waals surface area contributed by atoms with E-state index in [2.05, 4.69) is 20.6 Å². The van der Waals surface area contributed by atoms with Crippen LogP contribution in [0.4, 0.5) is 0 Å². The number of carbonyl (C=O) groups is 1. The van der Waals surface area contributed by atoms with Crippen molar-refractivity contribution >= 4 is 17.5 Å². The average Bonchev–Trinajstić information content (AvgIpc) is 3.31. The van der Waals surface area contributed by atoms with Crippen molar-refractivity contribution in [2.45, 2.75) is 53.9 Å². The highest BCUT2D eigenvalue weighted by molar-refractivity contribution is 6.31. The Hall–Kier alpha value is -2.61. The molecule has 0 aliphatic carbocycles. The molecule has 0 radical (unpaired) electrons. The van der Waals surface area contributed by atoms with Gasteiger partial charge in [0.25, 0.3) is 5.91 Å². The number of hydrogen-bond donors (Lipinski definition) is 1. The molecule has 1 N–H and O–H groups in total. The molecule has 3 rings (SSSR count). The number of nitrogens with zero attached hydrogens (tertiary/aromatic N) is 6. The summed E-state index contributed by atoms with van der Waals surface area (Å²) in [5, 5.41) is 16.8. The lowest BCUT2D eigenvalue weighted by Crippen LogP contribution is -2.27. The lowest BCUT2D eigenvalue weighted by atomic mass is 10.1. The highest BCUT2D eigenvalue weighted by Crippen LogP contribution is 2.19. The van der Waals surface area contributed by atoms with E-state index in [9.17, 15) is 4.79 Å². The first-order chi connectivity index (χ1) is 12.8. The molecule has 1 unspecified atom stereocenters. The van der Waals surface area contributed by atoms with Crippen molar-refractivity contribution in [2.24, 2.45) is 0 Å². The van der Waals surface area contributed by atoms with Crippen LogP contribution in [-0.4, -0.2) is 35.2 Å². The minimum atomic E-state index is -0.226. The Bertz CT molecular complexity index is 969. The predicted octanol–water partition coefficient (Wildman–Crippen LogP) is 2.87. The van der Waals surface area contributed by atoms with E-state index >= 15 is 0 Å². The zero-order valence-corrected chi connectivity index (χ0v) is 16.9. The molecule has 0 fully saturated rings. The Morgan fingerprint density at radius 3 is 2.52 bits per heavy atom. The summed E-state index contributed by atoms with van der Waals surface area (Å²) in [5.41, 5.74) is 3.91. The molecule has 3 heterocycles. The van der Waals surface area contributed by atoms with Crippen molar-refractivity contribution in [3.05, 3.63) is 51.8 Å². The summed E-state index contributed by atoms with van der Waals surface area (Å²) >= 11 is 6.18. The van der Waals surface area contributed by atoms with Gasteiger partial charge in [-0.05, 0) is 40.7 Å². The topological polar surface area (TPSA) is 82.6 Å². The maximum atomic E-state index is 12.5. The van der Waals surface area contributed by atoms with Crippen LogP contribution in [0.1, 0.15) is 53.0 Å². The van der Waals surface area contributed by atoms with Gasteiger partial charge in [0.05, 0.1) is 28.1 Å². The molecular weight excluding hydrogens is 366 g/mol. The zero-order chi connectivity index (χ0) is 19.7. The third-order valence-electron chi connectivity index (χ3n) is 4.57. The number of aryl methyl sites for hydroxylation is 3. The molecule has 0 saturated heterocycles. The number of nitrogens with one attached hydrogen (secondary N) is 1. The lowest BCUT2D eigenvalue weighted by molar-refractivity contribution is 0.0933. The molecule has 0 spiro atoms. The van der Waals surface area contributed by atoms with Gasteiger partial charge in [0, 0.05) is 24.5 Å². The Morgan fingerprint density at radius 2 is 1.93 bits per heavy atom. The normalized spacial score (nSPS) is 12.4. The van der Waals surface area contributed by atoms with Gasteiger partial charge in [-0.3, -0.25) is 14.2 Å². The van der Waals surface area contributed by atoms with Crippen molar-refractivity contribution in [1.29, 1.82) is 0 Å². The van der Waals surface area contributed by atoms with Crippen molar-refractivity contribution in [2.75, 3.05) is 0 Å². The van der Waals surface area contributed by atoms with Crippen LogP contribution < -0.4 is 5.32 Å². The smallest absolute Gasteiger partial charge is 0.272 e. The number of amides is 1. The quantitative estimate of drug-likeness (QED) is 0.702. The molecule has 0 saturated carbocycles. The summed E-state index contributed by atoms with van der Waals surface area (Å²) in [5.74, 6) is -0.226. The van der Waals surface area contributed by atoms with Gasteiger partial charge in [0.2, 0.25) is 0 Å². The van der Waals surface area contributed by atoms with E-state index < -0.39 is 0 Å².